The number of hydrogen-bond acceptors (Lipinski definition) is 6. The van der Waals surface area contributed by atoms with Crippen LogP contribution in [-0.4, -0.2) is 74.8 Å². The maximum absolute atomic E-state index is 14.3. The number of piperidine rings is 1. The summed E-state index contributed by atoms with van der Waals surface area (Å²) in [5, 5.41) is 1.01. The van der Waals surface area contributed by atoms with Gasteiger partial charge in [0.25, 0.3) is 5.91 Å². The van der Waals surface area contributed by atoms with Gasteiger partial charge in [-0.1, -0.05) is 12.1 Å². The molecule has 11 heteroatoms. The molecule has 0 radical (unpaired) electrons. The van der Waals surface area contributed by atoms with E-state index in [2.05, 4.69) is 16.7 Å². The zero-order chi connectivity index (χ0) is 32.4. The number of aromatic nitrogens is 4. The van der Waals surface area contributed by atoms with E-state index in [0.717, 1.165) is 64.5 Å². The van der Waals surface area contributed by atoms with Crippen LogP contribution in [0.4, 0.5) is 10.1 Å². The number of nitrogens with two attached hydrogens (primary N) is 1. The molecule has 2 N–H and O–H groups in total. The highest BCUT2D eigenvalue weighted by Gasteiger charge is 2.31. The number of likely N-dealkylation sites (tertiary alicyclic amines) is 1. The number of methoxy groups -OCH3 is 1. The van der Waals surface area contributed by atoms with Crippen LogP contribution in [-0.2, 0) is 18.4 Å². The summed E-state index contributed by atoms with van der Waals surface area (Å²) in [7, 11) is 3.53. The van der Waals surface area contributed by atoms with E-state index in [1.165, 1.54) is 17.7 Å². The molecule has 2 saturated heterocycles. The van der Waals surface area contributed by atoms with Crippen LogP contribution in [0.1, 0.15) is 42.5 Å². The van der Waals surface area contributed by atoms with Crippen molar-refractivity contribution in [2.75, 3.05) is 31.6 Å². The largest absolute Gasteiger partial charge is 0.494 e. The fraction of sp³-hybridized carbons (Fsp3) is 0.389. The summed E-state index contributed by atoms with van der Waals surface area (Å²) >= 11 is 0. The first kappa shape index (κ1) is 29.6. The van der Waals surface area contributed by atoms with Crippen LogP contribution in [0.2, 0.25) is 0 Å². The Balaban J connectivity index is 1.18. The molecule has 5 heterocycles. The third kappa shape index (κ3) is 5.32. The van der Waals surface area contributed by atoms with Crippen LogP contribution in [0, 0.1) is 5.92 Å². The average Bonchev–Trinajstić information content (AvgIpc) is 3.54. The van der Waals surface area contributed by atoms with Crippen molar-refractivity contribution in [3.8, 4) is 28.5 Å². The molecule has 3 fully saturated rings. The summed E-state index contributed by atoms with van der Waals surface area (Å²) in [6.07, 6.45) is 2.97. The lowest BCUT2D eigenvalue weighted by atomic mass is 10.0. The van der Waals surface area contributed by atoms with Gasteiger partial charge in [-0.25, -0.2) is 14.4 Å². The predicted molar refractivity (Wildman–Crippen MR) is 179 cm³/mol. The van der Waals surface area contributed by atoms with E-state index in [0.29, 0.717) is 35.7 Å². The number of hydrogen-bond donors (Lipinski definition) is 1. The van der Waals surface area contributed by atoms with Gasteiger partial charge in [0.1, 0.15) is 23.1 Å². The molecule has 0 spiro atoms. The number of carbonyl (C=O) groups excluding carboxylic acids is 2. The van der Waals surface area contributed by atoms with Gasteiger partial charge in [-0.15, -0.1) is 0 Å². The first-order chi connectivity index (χ1) is 22.8. The highest BCUT2D eigenvalue weighted by Crippen LogP contribution is 2.38. The maximum atomic E-state index is 14.3. The van der Waals surface area contributed by atoms with Gasteiger partial charge in [-0.3, -0.25) is 9.59 Å². The molecule has 242 valence electrons. The molecule has 0 bridgehead atoms. The molecule has 0 unspecified atom stereocenters. The lowest BCUT2D eigenvalue weighted by Crippen LogP contribution is -2.50. The number of nitrogens with zero attached hydrogens (tertiary/aromatic N) is 6. The topological polar surface area (TPSA) is 112 Å². The Kier molecular flexibility index (Phi) is 7.24. The van der Waals surface area contributed by atoms with Gasteiger partial charge in [-0.2, -0.15) is 0 Å². The number of aryl methyl sites for hydroxylation is 1. The van der Waals surface area contributed by atoms with Gasteiger partial charge in [0.2, 0.25) is 5.91 Å². The number of anilines is 1. The monoisotopic (exact) mass is 635 g/mol. The summed E-state index contributed by atoms with van der Waals surface area (Å²) in [6, 6.07) is 17.4. The van der Waals surface area contributed by atoms with Crippen molar-refractivity contribution in [1.82, 2.24) is 24.0 Å². The summed E-state index contributed by atoms with van der Waals surface area (Å²) in [6.45, 7) is 1.93. The second-order valence-corrected chi connectivity index (χ2v) is 13.2. The highest BCUT2D eigenvalue weighted by atomic mass is 19.1. The number of pyridine rings is 1. The molecule has 2 amide bonds. The van der Waals surface area contributed by atoms with E-state index in [9.17, 15) is 14.0 Å². The third-order valence-electron chi connectivity index (χ3n) is 9.78. The molecular weight excluding hydrogens is 597 g/mol. The van der Waals surface area contributed by atoms with Crippen molar-refractivity contribution in [3.05, 3.63) is 60.2 Å². The first-order valence-electron chi connectivity index (χ1n) is 16.4. The lowest BCUT2D eigenvalue weighted by molar-refractivity contribution is -0.117. The van der Waals surface area contributed by atoms with Crippen molar-refractivity contribution in [3.63, 3.8) is 0 Å². The van der Waals surface area contributed by atoms with Crippen LogP contribution in [0.25, 0.3) is 44.8 Å². The number of carbonyl (C=O) groups is 2. The molecule has 2 atom stereocenters. The SMILES string of the molecule is COc1cc(C(=O)N2C[C@H](N)C[C@@H](F)C2)cc2nc(-c3cc4ccc(-c5ccc(N6CCCC6=O)cc5)nc4n3CC3CC3)n(C)c12. The van der Waals surface area contributed by atoms with Crippen LogP contribution >= 0.6 is 0 Å². The molecule has 8 rings (SSSR count). The first-order valence-corrected chi connectivity index (χ1v) is 16.4. The molecule has 5 aromatic rings. The standard InChI is InChI=1S/C36H38FN7O3/c1-41-33-29(14-24(16-31(33)47-2)36(46)42-19-25(37)17-26(38)20-42)40-35(41)30-15-23-9-12-28(39-34(23)44(30)18-21-5-6-21)22-7-10-27(11-8-22)43-13-3-4-32(43)45/h7-12,14-16,21,25-26H,3-6,13,17-20,38H2,1-2H3/t25-,26-/m1/s1. The van der Waals surface area contributed by atoms with Crippen LogP contribution in [0.3, 0.4) is 0 Å². The van der Waals surface area contributed by atoms with Crippen molar-refractivity contribution in [1.29, 1.82) is 0 Å². The third-order valence-corrected chi connectivity index (χ3v) is 9.78. The Labute approximate surface area is 271 Å². The number of rotatable bonds is 7. The Morgan fingerprint density at radius 3 is 2.57 bits per heavy atom. The lowest BCUT2D eigenvalue weighted by Gasteiger charge is -2.33. The molecule has 1 saturated carbocycles. The van der Waals surface area contributed by atoms with Gasteiger partial charge in [0.05, 0.1) is 30.6 Å². The van der Waals surface area contributed by atoms with Crippen molar-refractivity contribution >= 4 is 39.6 Å². The van der Waals surface area contributed by atoms with Crippen LogP contribution in [0.5, 0.6) is 5.75 Å². The minimum atomic E-state index is -1.14. The van der Waals surface area contributed by atoms with E-state index in [4.69, 9.17) is 20.4 Å². The Hall–Kier alpha value is -4.77. The molecule has 10 nitrogen and oxygen atoms in total. The fourth-order valence-electron chi connectivity index (χ4n) is 7.19. The Morgan fingerprint density at radius 2 is 1.87 bits per heavy atom. The molecule has 2 aromatic carbocycles. The summed E-state index contributed by atoms with van der Waals surface area (Å²) in [5.74, 6) is 1.73. The van der Waals surface area contributed by atoms with E-state index < -0.39 is 12.2 Å². The molecule has 1 aliphatic carbocycles. The number of imidazole rings is 1. The molecule has 3 aliphatic rings. The quantitative estimate of drug-likeness (QED) is 0.259. The Morgan fingerprint density at radius 1 is 1.06 bits per heavy atom. The zero-order valence-electron chi connectivity index (χ0n) is 26.7. The number of fused-ring (bicyclic) bond motifs is 2. The van der Waals surface area contributed by atoms with Gasteiger partial charge in [0, 0.05) is 61.3 Å². The van der Waals surface area contributed by atoms with Crippen molar-refractivity contribution in [2.24, 2.45) is 18.7 Å². The van der Waals surface area contributed by atoms with Gasteiger partial charge in [0.15, 0.2) is 5.82 Å². The summed E-state index contributed by atoms with van der Waals surface area (Å²) in [5.41, 5.74) is 12.4. The van der Waals surface area contributed by atoms with E-state index in [1.54, 1.807) is 19.2 Å². The van der Waals surface area contributed by atoms with E-state index in [-0.39, 0.29) is 24.8 Å². The molecule has 3 aromatic heterocycles. The number of ether oxygens (including phenoxy) is 1. The van der Waals surface area contributed by atoms with Gasteiger partial charge >= 0.3 is 0 Å². The second-order valence-electron chi connectivity index (χ2n) is 13.2. The van der Waals surface area contributed by atoms with Crippen LogP contribution in [0.15, 0.2) is 54.6 Å². The maximum Gasteiger partial charge on any atom is 0.254 e. The van der Waals surface area contributed by atoms with E-state index >= 15 is 0 Å². The van der Waals surface area contributed by atoms with Gasteiger partial charge in [-0.05, 0) is 74.1 Å². The van der Waals surface area contributed by atoms with Crippen LogP contribution < -0.4 is 15.4 Å². The highest BCUT2D eigenvalue weighted by molar-refractivity contribution is 6.00. The molecule has 2 aliphatic heterocycles. The molecular formula is C36H38FN7O3. The summed E-state index contributed by atoms with van der Waals surface area (Å²) < 4.78 is 24.4. The number of alkyl halides is 1. The zero-order valence-corrected chi connectivity index (χ0v) is 26.7. The number of amides is 2. The van der Waals surface area contributed by atoms with E-state index in [1.807, 2.05) is 46.8 Å². The summed E-state index contributed by atoms with van der Waals surface area (Å²) in [4.78, 5) is 39.3. The Bertz CT molecular complexity index is 2020. The van der Waals surface area contributed by atoms with Crippen molar-refractivity contribution < 1.29 is 18.7 Å². The fourth-order valence-corrected chi connectivity index (χ4v) is 7.19. The smallest absolute Gasteiger partial charge is 0.254 e. The predicted octanol–water partition coefficient (Wildman–Crippen LogP) is 5.31. The minimum absolute atomic E-state index is 0.0267. The normalized spacial score (nSPS) is 20.1. The number of halogens is 1. The second kappa shape index (κ2) is 11.5. The van der Waals surface area contributed by atoms with Crippen molar-refractivity contribution in [2.45, 2.75) is 50.9 Å². The average molecular weight is 636 g/mol. The van der Waals surface area contributed by atoms with Gasteiger partial charge < -0.3 is 29.4 Å². The molecule has 47 heavy (non-hydrogen) atoms. The number of benzene rings is 2. The minimum Gasteiger partial charge on any atom is -0.494 e.